The average Bonchev–Trinajstić information content (AvgIpc) is 2.61. The Morgan fingerprint density at radius 2 is 1.68 bits per heavy atom. The van der Waals surface area contributed by atoms with E-state index in [0.717, 1.165) is 4.90 Å². The molecule has 2 rings (SSSR count). The predicted octanol–water partition coefficient (Wildman–Crippen LogP) is 1.73. The molecule has 1 aliphatic rings. The zero-order valence-corrected chi connectivity index (χ0v) is 11.4. The first-order valence-corrected chi connectivity index (χ1v) is 6.74. The third kappa shape index (κ3) is 2.42. The molecule has 1 unspecified atom stereocenters. The van der Waals surface area contributed by atoms with Gasteiger partial charge in [0.1, 0.15) is 6.61 Å². The lowest BCUT2D eigenvalue weighted by atomic mass is 10.0. The predicted molar refractivity (Wildman–Crippen MR) is 66.8 cm³/mol. The van der Waals surface area contributed by atoms with Gasteiger partial charge >= 0.3 is 8.25 Å². The molecule has 0 spiro atoms. The van der Waals surface area contributed by atoms with Crippen LogP contribution >= 0.6 is 8.25 Å². The van der Waals surface area contributed by atoms with E-state index in [1.165, 1.54) is 0 Å². The zero-order valence-electron chi connectivity index (χ0n) is 10.5. The lowest BCUT2D eigenvalue weighted by Crippen LogP contribution is -2.50. The Morgan fingerprint density at radius 1 is 1.21 bits per heavy atom. The molecule has 2 amide bonds. The zero-order chi connectivity index (χ0) is 14.2. The molecule has 1 aromatic carbocycles. The van der Waals surface area contributed by atoms with E-state index in [-0.39, 0.29) is 6.61 Å². The average molecular weight is 282 g/mol. The second-order valence-corrected chi connectivity index (χ2v) is 5.55. The molecule has 1 N–H and O–H groups in total. The highest BCUT2D eigenvalue weighted by atomic mass is 31.1. The highest BCUT2D eigenvalue weighted by molar-refractivity contribution is 7.32. The number of rotatable bonds is 4. The van der Waals surface area contributed by atoms with Gasteiger partial charge in [0.2, 0.25) is 0 Å². The van der Waals surface area contributed by atoms with Gasteiger partial charge in [-0.05, 0) is 26.0 Å². The first-order chi connectivity index (χ1) is 8.84. The van der Waals surface area contributed by atoms with Crippen LogP contribution in [0.3, 0.4) is 0 Å². The summed E-state index contributed by atoms with van der Waals surface area (Å²) in [5.74, 6) is -0.829. The molecule has 6 nitrogen and oxygen atoms in total. The molecule has 0 saturated heterocycles. The van der Waals surface area contributed by atoms with E-state index in [2.05, 4.69) is 4.52 Å². The van der Waals surface area contributed by atoms with E-state index in [9.17, 15) is 14.2 Å². The number of hydrogen-bond donors (Lipinski definition) is 1. The van der Waals surface area contributed by atoms with Crippen LogP contribution in [0.15, 0.2) is 24.3 Å². The fourth-order valence-electron chi connectivity index (χ4n) is 2.02. The third-order valence-corrected chi connectivity index (χ3v) is 3.28. The number of hydrogen-bond acceptors (Lipinski definition) is 4. The third-order valence-electron chi connectivity index (χ3n) is 2.93. The smallest absolute Gasteiger partial charge is 0.269 e. The SMILES string of the molecule is CC(C)(CO[P+](=O)O)N1C(=O)c2ccccc2C1=O. The van der Waals surface area contributed by atoms with Crippen molar-refractivity contribution in [2.45, 2.75) is 19.4 Å². The summed E-state index contributed by atoms with van der Waals surface area (Å²) < 4.78 is 15.2. The first kappa shape index (κ1) is 13.8. The molecule has 1 aromatic rings. The molecular weight excluding hydrogens is 269 g/mol. The number of imide groups is 1. The summed E-state index contributed by atoms with van der Waals surface area (Å²) in [6.45, 7) is 3.01. The Kier molecular flexibility index (Phi) is 3.49. The van der Waals surface area contributed by atoms with E-state index in [0.29, 0.717) is 11.1 Å². The van der Waals surface area contributed by atoms with Gasteiger partial charge in [-0.3, -0.25) is 14.5 Å². The van der Waals surface area contributed by atoms with Gasteiger partial charge in [-0.2, -0.15) is 0 Å². The molecule has 0 saturated carbocycles. The number of carbonyl (C=O) groups excluding carboxylic acids is 2. The standard InChI is InChI=1S/C12H12NO5P/c1-12(2,7-18-19(16)17)13-10(14)8-5-3-4-6-9(8)11(13)15/h3-6H,7H2,1-2H3/p+1. The topological polar surface area (TPSA) is 83.9 Å². The first-order valence-electron chi connectivity index (χ1n) is 5.61. The number of nitrogens with zero attached hydrogens (tertiary/aromatic N) is 1. The minimum absolute atomic E-state index is 0.204. The summed E-state index contributed by atoms with van der Waals surface area (Å²) in [7, 11) is -2.77. The van der Waals surface area contributed by atoms with Crippen molar-refractivity contribution >= 4 is 20.1 Å². The lowest BCUT2D eigenvalue weighted by Gasteiger charge is -2.31. The van der Waals surface area contributed by atoms with Gasteiger partial charge in [0.15, 0.2) is 0 Å². The Bertz CT molecular complexity index is 534. The maximum Gasteiger partial charge on any atom is 0.694 e. The summed E-state index contributed by atoms with van der Waals surface area (Å²) in [6.07, 6.45) is 0. The Balaban J connectivity index is 2.31. The van der Waals surface area contributed by atoms with E-state index in [4.69, 9.17) is 4.89 Å². The minimum atomic E-state index is -2.77. The molecule has 0 aliphatic carbocycles. The van der Waals surface area contributed by atoms with Crippen LogP contribution in [0.2, 0.25) is 0 Å². The van der Waals surface area contributed by atoms with Crippen LogP contribution in [0.1, 0.15) is 34.6 Å². The van der Waals surface area contributed by atoms with Crippen LogP contribution in [0.25, 0.3) is 0 Å². The minimum Gasteiger partial charge on any atom is -0.269 e. The highest BCUT2D eigenvalue weighted by Crippen LogP contribution is 2.31. The fourth-order valence-corrected chi connectivity index (χ4v) is 2.44. The molecule has 7 heteroatoms. The van der Waals surface area contributed by atoms with Crippen LogP contribution < -0.4 is 0 Å². The van der Waals surface area contributed by atoms with E-state index in [1.54, 1.807) is 38.1 Å². The number of amides is 2. The van der Waals surface area contributed by atoms with E-state index in [1.807, 2.05) is 0 Å². The van der Waals surface area contributed by atoms with Crippen LogP contribution in [-0.2, 0) is 9.09 Å². The monoisotopic (exact) mass is 282 g/mol. The molecule has 0 fully saturated rings. The molecule has 100 valence electrons. The molecule has 0 bridgehead atoms. The number of fused-ring (bicyclic) bond motifs is 1. The molecular formula is C12H13NO5P+. The van der Waals surface area contributed by atoms with Gasteiger partial charge < -0.3 is 0 Å². The van der Waals surface area contributed by atoms with Crippen molar-refractivity contribution in [2.24, 2.45) is 0 Å². The summed E-state index contributed by atoms with van der Waals surface area (Å²) in [5.41, 5.74) is -0.316. The number of carbonyl (C=O) groups is 2. The quantitative estimate of drug-likeness (QED) is 0.671. The van der Waals surface area contributed by atoms with Crippen molar-refractivity contribution in [1.29, 1.82) is 0 Å². The van der Waals surface area contributed by atoms with Crippen LogP contribution in [0.4, 0.5) is 0 Å². The molecule has 1 heterocycles. The Hall–Kier alpha value is -1.62. The molecule has 0 radical (unpaired) electrons. The van der Waals surface area contributed by atoms with Gasteiger partial charge in [-0.15, -0.1) is 9.42 Å². The Labute approximate surface area is 110 Å². The lowest BCUT2D eigenvalue weighted by molar-refractivity contribution is 0.0378. The largest absolute Gasteiger partial charge is 0.694 e. The van der Waals surface area contributed by atoms with Crippen molar-refractivity contribution in [3.05, 3.63) is 35.4 Å². The summed E-state index contributed by atoms with van der Waals surface area (Å²) in [5, 5.41) is 0. The van der Waals surface area contributed by atoms with Crippen LogP contribution in [-0.4, -0.2) is 33.8 Å². The van der Waals surface area contributed by atoms with E-state index < -0.39 is 25.6 Å². The highest BCUT2D eigenvalue weighted by Gasteiger charge is 2.45. The summed E-state index contributed by atoms with van der Waals surface area (Å²) in [4.78, 5) is 34.2. The van der Waals surface area contributed by atoms with Crippen LogP contribution in [0.5, 0.6) is 0 Å². The van der Waals surface area contributed by atoms with Crippen molar-refractivity contribution in [3.8, 4) is 0 Å². The molecule has 19 heavy (non-hydrogen) atoms. The maximum absolute atomic E-state index is 12.2. The van der Waals surface area contributed by atoms with Crippen molar-refractivity contribution in [2.75, 3.05) is 6.61 Å². The fraction of sp³-hybridized carbons (Fsp3) is 0.333. The van der Waals surface area contributed by atoms with Gasteiger partial charge in [0.25, 0.3) is 11.8 Å². The van der Waals surface area contributed by atoms with E-state index >= 15 is 0 Å². The summed E-state index contributed by atoms with van der Waals surface area (Å²) >= 11 is 0. The number of benzene rings is 1. The maximum atomic E-state index is 12.2. The van der Waals surface area contributed by atoms with Gasteiger partial charge in [0.05, 0.1) is 16.7 Å². The van der Waals surface area contributed by atoms with Crippen molar-refractivity contribution < 1.29 is 23.6 Å². The van der Waals surface area contributed by atoms with Crippen molar-refractivity contribution in [1.82, 2.24) is 4.90 Å². The molecule has 0 aromatic heterocycles. The van der Waals surface area contributed by atoms with Gasteiger partial charge in [0, 0.05) is 4.57 Å². The van der Waals surface area contributed by atoms with Gasteiger partial charge in [-0.25, -0.2) is 0 Å². The van der Waals surface area contributed by atoms with Crippen molar-refractivity contribution in [3.63, 3.8) is 0 Å². The second kappa shape index (κ2) is 4.81. The summed E-state index contributed by atoms with van der Waals surface area (Å²) in [6, 6.07) is 6.53. The molecule has 1 aliphatic heterocycles. The Morgan fingerprint density at radius 3 is 2.11 bits per heavy atom. The normalized spacial score (nSPS) is 15.7. The second-order valence-electron chi connectivity index (χ2n) is 4.82. The molecule has 1 atom stereocenters. The van der Waals surface area contributed by atoms with Crippen LogP contribution in [0, 0.1) is 0 Å². The van der Waals surface area contributed by atoms with Gasteiger partial charge in [-0.1, -0.05) is 12.1 Å².